The van der Waals surface area contributed by atoms with Gasteiger partial charge in [0.15, 0.2) is 5.11 Å². The number of para-hydroxylation sites is 1. The molecule has 0 spiro atoms. The minimum Gasteiger partial charge on any atom is -0.351 e. The Labute approximate surface area is 204 Å². The maximum absolute atomic E-state index is 11.6. The molecule has 2 aromatic heterocycles. The molecule has 3 heterocycles. The van der Waals surface area contributed by atoms with Gasteiger partial charge in [0.05, 0.1) is 18.0 Å². The molecule has 7 nitrogen and oxygen atoms in total. The van der Waals surface area contributed by atoms with Crippen LogP contribution in [0.15, 0.2) is 97.3 Å². The van der Waals surface area contributed by atoms with Gasteiger partial charge in [-0.1, -0.05) is 24.3 Å². The van der Waals surface area contributed by atoms with Crippen LogP contribution in [0.1, 0.15) is 23.5 Å². The molecule has 0 aliphatic carbocycles. The van der Waals surface area contributed by atoms with Gasteiger partial charge in [-0.05, 0) is 72.9 Å². The average Bonchev–Trinajstić information content (AvgIpc) is 3.44. The van der Waals surface area contributed by atoms with Crippen LogP contribution in [-0.4, -0.2) is 29.3 Å². The minimum atomic E-state index is -3.36. The summed E-state index contributed by atoms with van der Waals surface area (Å²) in [4.78, 5) is 6.67. The molecule has 1 saturated heterocycles. The first kappa shape index (κ1) is 22.1. The molecule has 2 aromatic carbocycles. The van der Waals surface area contributed by atoms with E-state index in [9.17, 15) is 8.42 Å². The SMILES string of the molecule is CS(=O)(=O)Nc1ccc(N2C(=S)NC(c3ccccn3)C2c2cccn2-c2ccccc2)cc1. The second-order valence-corrected chi connectivity index (χ2v) is 10.2. The Morgan fingerprint density at radius 2 is 1.65 bits per heavy atom. The molecule has 0 bridgehead atoms. The number of benzene rings is 2. The average molecular weight is 490 g/mol. The Hall–Kier alpha value is -3.69. The highest BCUT2D eigenvalue weighted by Gasteiger charge is 2.42. The van der Waals surface area contributed by atoms with Crippen molar-refractivity contribution < 1.29 is 8.42 Å². The van der Waals surface area contributed by atoms with Crippen LogP contribution in [0.4, 0.5) is 11.4 Å². The fourth-order valence-corrected chi connectivity index (χ4v) is 5.21. The van der Waals surface area contributed by atoms with Gasteiger partial charge in [-0.2, -0.15) is 0 Å². The van der Waals surface area contributed by atoms with E-state index in [0.29, 0.717) is 10.8 Å². The van der Waals surface area contributed by atoms with Gasteiger partial charge in [0.2, 0.25) is 10.0 Å². The summed E-state index contributed by atoms with van der Waals surface area (Å²) in [6.07, 6.45) is 4.95. The van der Waals surface area contributed by atoms with Crippen molar-refractivity contribution in [3.63, 3.8) is 0 Å². The maximum atomic E-state index is 11.6. The summed E-state index contributed by atoms with van der Waals surface area (Å²) in [5.41, 5.74) is 4.32. The number of hydrogen-bond acceptors (Lipinski definition) is 4. The third-order valence-corrected chi connectivity index (χ3v) is 6.59. The van der Waals surface area contributed by atoms with E-state index in [2.05, 4.69) is 42.7 Å². The second kappa shape index (κ2) is 8.92. The standard InChI is InChI=1S/C25H23N5O2S2/c1-34(31,32)28-18-12-14-20(15-13-18)30-24(23(27-25(30)33)21-10-5-6-16-26-21)22-11-7-17-29(22)19-8-3-2-4-9-19/h2-17,23-24,28H,1H3,(H,27,33). The number of anilines is 2. The van der Waals surface area contributed by atoms with E-state index in [1.807, 2.05) is 60.8 Å². The molecule has 34 heavy (non-hydrogen) atoms. The Morgan fingerprint density at radius 3 is 2.32 bits per heavy atom. The van der Waals surface area contributed by atoms with Gasteiger partial charge in [-0.15, -0.1) is 0 Å². The van der Waals surface area contributed by atoms with Crippen LogP contribution in [0.25, 0.3) is 5.69 Å². The van der Waals surface area contributed by atoms with Crippen LogP contribution in [0.2, 0.25) is 0 Å². The fourth-order valence-electron chi connectivity index (χ4n) is 4.30. The predicted molar refractivity (Wildman–Crippen MR) is 139 cm³/mol. The molecule has 0 saturated carbocycles. The zero-order valence-corrected chi connectivity index (χ0v) is 20.0. The Kier molecular flexibility index (Phi) is 5.80. The van der Waals surface area contributed by atoms with Gasteiger partial charge >= 0.3 is 0 Å². The van der Waals surface area contributed by atoms with E-state index >= 15 is 0 Å². The third-order valence-electron chi connectivity index (χ3n) is 5.66. The summed E-state index contributed by atoms with van der Waals surface area (Å²) in [6.45, 7) is 0. The maximum Gasteiger partial charge on any atom is 0.229 e. The summed E-state index contributed by atoms with van der Waals surface area (Å²) >= 11 is 5.80. The molecular weight excluding hydrogens is 466 g/mol. The number of hydrogen-bond donors (Lipinski definition) is 2. The number of rotatable bonds is 6. The van der Waals surface area contributed by atoms with Crippen LogP contribution < -0.4 is 14.9 Å². The zero-order valence-electron chi connectivity index (χ0n) is 18.4. The molecule has 9 heteroatoms. The monoisotopic (exact) mass is 489 g/mol. The highest BCUT2D eigenvalue weighted by Crippen LogP contribution is 2.42. The van der Waals surface area contributed by atoms with Crippen molar-refractivity contribution in [1.29, 1.82) is 0 Å². The van der Waals surface area contributed by atoms with E-state index in [1.54, 1.807) is 18.3 Å². The van der Waals surface area contributed by atoms with E-state index in [1.165, 1.54) is 0 Å². The highest BCUT2D eigenvalue weighted by atomic mass is 32.2. The number of nitrogens with zero attached hydrogens (tertiary/aromatic N) is 3. The molecule has 0 radical (unpaired) electrons. The normalized spacial score (nSPS) is 18.0. The van der Waals surface area contributed by atoms with Gasteiger partial charge in [-0.25, -0.2) is 8.42 Å². The van der Waals surface area contributed by atoms with Crippen LogP contribution >= 0.6 is 12.2 Å². The molecule has 172 valence electrons. The molecule has 2 atom stereocenters. The summed E-state index contributed by atoms with van der Waals surface area (Å²) in [5.74, 6) is 0. The van der Waals surface area contributed by atoms with Crippen LogP contribution in [0.3, 0.4) is 0 Å². The topological polar surface area (TPSA) is 79.3 Å². The first-order chi connectivity index (χ1) is 16.4. The van der Waals surface area contributed by atoms with Crippen molar-refractivity contribution in [2.45, 2.75) is 12.1 Å². The molecule has 2 N–H and O–H groups in total. The molecular formula is C25H23N5O2S2. The lowest BCUT2D eigenvalue weighted by atomic mass is 10.0. The van der Waals surface area contributed by atoms with E-state index in [-0.39, 0.29) is 12.1 Å². The summed E-state index contributed by atoms with van der Waals surface area (Å²) in [7, 11) is -3.36. The van der Waals surface area contributed by atoms with Crippen molar-refractivity contribution in [3.05, 3.63) is 109 Å². The predicted octanol–water partition coefficient (Wildman–Crippen LogP) is 4.42. The first-order valence-corrected chi connectivity index (χ1v) is 13.0. The van der Waals surface area contributed by atoms with E-state index < -0.39 is 10.0 Å². The van der Waals surface area contributed by atoms with Gasteiger partial charge in [0.1, 0.15) is 6.04 Å². The number of aromatic nitrogens is 2. The first-order valence-electron chi connectivity index (χ1n) is 10.7. The van der Waals surface area contributed by atoms with E-state index in [4.69, 9.17) is 12.2 Å². The largest absolute Gasteiger partial charge is 0.351 e. The molecule has 0 amide bonds. The summed E-state index contributed by atoms with van der Waals surface area (Å²) in [6, 6.07) is 27.0. The van der Waals surface area contributed by atoms with Crippen LogP contribution in [-0.2, 0) is 10.0 Å². The lowest BCUT2D eigenvalue weighted by Crippen LogP contribution is -2.30. The van der Waals surface area contributed by atoms with Crippen molar-refractivity contribution >= 4 is 38.7 Å². The van der Waals surface area contributed by atoms with Gasteiger partial charge in [0.25, 0.3) is 0 Å². The van der Waals surface area contributed by atoms with Crippen molar-refractivity contribution in [2.24, 2.45) is 0 Å². The zero-order chi connectivity index (χ0) is 23.7. The van der Waals surface area contributed by atoms with Gasteiger partial charge < -0.3 is 14.8 Å². The lowest BCUT2D eigenvalue weighted by Gasteiger charge is -2.29. The fraction of sp³-hybridized carbons (Fsp3) is 0.120. The molecule has 5 rings (SSSR count). The van der Waals surface area contributed by atoms with Crippen molar-refractivity contribution in [3.8, 4) is 5.69 Å². The molecule has 1 aliphatic rings. The number of pyridine rings is 1. The van der Waals surface area contributed by atoms with Crippen LogP contribution in [0, 0.1) is 0 Å². The lowest BCUT2D eigenvalue weighted by molar-refractivity contribution is 0.549. The van der Waals surface area contributed by atoms with Crippen LogP contribution in [0.5, 0.6) is 0 Å². The summed E-state index contributed by atoms with van der Waals surface area (Å²) < 4.78 is 27.9. The molecule has 1 aliphatic heterocycles. The third kappa shape index (κ3) is 4.40. The van der Waals surface area contributed by atoms with Crippen molar-refractivity contribution in [1.82, 2.24) is 14.9 Å². The molecule has 2 unspecified atom stereocenters. The highest BCUT2D eigenvalue weighted by molar-refractivity contribution is 7.92. The number of sulfonamides is 1. The number of thiocarbonyl (C=S) groups is 1. The van der Waals surface area contributed by atoms with E-state index in [0.717, 1.165) is 29.0 Å². The molecule has 1 fully saturated rings. The Balaban J connectivity index is 1.60. The quantitative estimate of drug-likeness (QED) is 0.391. The number of nitrogens with one attached hydrogen (secondary N) is 2. The Bertz CT molecular complexity index is 1400. The second-order valence-electron chi connectivity index (χ2n) is 8.06. The minimum absolute atomic E-state index is 0.181. The molecule has 4 aromatic rings. The van der Waals surface area contributed by atoms with Crippen molar-refractivity contribution in [2.75, 3.05) is 15.9 Å². The summed E-state index contributed by atoms with van der Waals surface area (Å²) in [5, 5.41) is 4.03. The van der Waals surface area contributed by atoms with Gasteiger partial charge in [0, 0.05) is 35.1 Å². The smallest absolute Gasteiger partial charge is 0.229 e. The van der Waals surface area contributed by atoms with Gasteiger partial charge in [-0.3, -0.25) is 9.71 Å². The Morgan fingerprint density at radius 1 is 0.912 bits per heavy atom.